The van der Waals surface area contributed by atoms with Gasteiger partial charge in [0.2, 0.25) is 27.7 Å². The highest BCUT2D eigenvalue weighted by Crippen LogP contribution is 2.46. The van der Waals surface area contributed by atoms with Crippen molar-refractivity contribution < 1.29 is 40.8 Å². The number of sulfonamides is 1. The van der Waals surface area contributed by atoms with Gasteiger partial charge in [0.1, 0.15) is 17.6 Å². The Labute approximate surface area is 225 Å². The number of nitrogens with zero attached hydrogens (tertiary/aromatic N) is 1. The van der Waals surface area contributed by atoms with Crippen LogP contribution in [0.3, 0.4) is 0 Å². The topological polar surface area (TPSA) is 142 Å². The fraction of sp³-hybridized carbons (Fsp3) is 0.760. The molecule has 0 unspecified atom stereocenters. The van der Waals surface area contributed by atoms with E-state index in [1.807, 2.05) is 12.2 Å². The number of fused-ring (bicyclic) bond motifs is 2. The van der Waals surface area contributed by atoms with Gasteiger partial charge in [0.25, 0.3) is 5.91 Å². The Bertz CT molecular complexity index is 1120. The summed E-state index contributed by atoms with van der Waals surface area (Å²) in [6.45, 7) is 0.213. The number of rotatable bonds is 6. The summed E-state index contributed by atoms with van der Waals surface area (Å²) in [5.74, 6) is -3.24. The van der Waals surface area contributed by atoms with Crippen molar-refractivity contribution in [2.75, 3.05) is 6.54 Å². The molecule has 218 valence electrons. The standard InChI is InChI=1S/C25H35F3N4O6S/c26-25(27,28)13-12-20(33)29-18-8-5-3-1-2-4-7-16-15-24(16,23(36)31-39(37,38)17-10-11-17)30-21(34)19-9-6-14-32(19)22(18)35/h4,7,16-19H,1-3,5-6,8-15H2,(H,29,33)(H,30,34)(H,31,36)/b7-4-/t16-,18+,19+,24-/m1/s1. The van der Waals surface area contributed by atoms with Gasteiger partial charge in [-0.05, 0) is 51.4 Å². The Hall–Kier alpha value is -2.64. The first-order valence-corrected chi connectivity index (χ1v) is 15.1. The maximum atomic E-state index is 13.5. The smallest absolute Gasteiger partial charge is 0.344 e. The van der Waals surface area contributed by atoms with Crippen LogP contribution in [0.4, 0.5) is 13.2 Å². The molecule has 3 N–H and O–H groups in total. The van der Waals surface area contributed by atoms with Crippen LogP contribution in [0.5, 0.6) is 0 Å². The molecule has 0 bridgehead atoms. The van der Waals surface area contributed by atoms with Gasteiger partial charge in [-0.25, -0.2) is 8.42 Å². The second kappa shape index (κ2) is 11.5. The first-order valence-electron chi connectivity index (χ1n) is 13.5. The van der Waals surface area contributed by atoms with Crippen molar-refractivity contribution in [3.63, 3.8) is 0 Å². The molecule has 14 heteroatoms. The van der Waals surface area contributed by atoms with Crippen LogP contribution in [-0.2, 0) is 29.2 Å². The number of alkyl halides is 3. The van der Waals surface area contributed by atoms with Gasteiger partial charge < -0.3 is 15.5 Å². The van der Waals surface area contributed by atoms with Crippen molar-refractivity contribution >= 4 is 33.7 Å². The molecule has 2 heterocycles. The molecule has 4 aliphatic rings. The molecule has 4 amide bonds. The van der Waals surface area contributed by atoms with E-state index in [2.05, 4.69) is 15.4 Å². The monoisotopic (exact) mass is 576 g/mol. The van der Waals surface area contributed by atoms with E-state index in [4.69, 9.17) is 0 Å². The van der Waals surface area contributed by atoms with Crippen molar-refractivity contribution in [2.24, 2.45) is 5.92 Å². The van der Waals surface area contributed by atoms with Crippen LogP contribution in [0.25, 0.3) is 0 Å². The molecule has 0 aromatic heterocycles. The quantitative estimate of drug-likeness (QED) is 0.412. The van der Waals surface area contributed by atoms with Gasteiger partial charge in [0, 0.05) is 18.9 Å². The lowest BCUT2D eigenvalue weighted by atomic mass is 10.0. The summed E-state index contributed by atoms with van der Waals surface area (Å²) in [5.41, 5.74) is -1.45. The molecule has 2 aliphatic heterocycles. The third-order valence-electron chi connectivity index (χ3n) is 7.80. The van der Waals surface area contributed by atoms with Crippen molar-refractivity contribution in [2.45, 2.75) is 106 Å². The van der Waals surface area contributed by atoms with E-state index in [0.717, 1.165) is 6.42 Å². The molecular formula is C25H35F3N4O6S. The van der Waals surface area contributed by atoms with Gasteiger partial charge in [-0.2, -0.15) is 13.2 Å². The van der Waals surface area contributed by atoms with Crippen LogP contribution in [0.2, 0.25) is 0 Å². The highest BCUT2D eigenvalue weighted by atomic mass is 32.2. The van der Waals surface area contributed by atoms with Crippen LogP contribution in [-0.4, -0.2) is 72.5 Å². The van der Waals surface area contributed by atoms with Crippen LogP contribution in [0.15, 0.2) is 12.2 Å². The number of carbonyl (C=O) groups excluding carboxylic acids is 4. The molecule has 10 nitrogen and oxygen atoms in total. The lowest BCUT2D eigenvalue weighted by Gasteiger charge is -2.30. The van der Waals surface area contributed by atoms with E-state index < -0.39 is 81.5 Å². The van der Waals surface area contributed by atoms with Gasteiger partial charge in [0.15, 0.2) is 0 Å². The van der Waals surface area contributed by atoms with Gasteiger partial charge in [-0.15, -0.1) is 0 Å². The molecule has 0 aromatic rings. The molecule has 3 fully saturated rings. The molecule has 0 aromatic carbocycles. The van der Waals surface area contributed by atoms with Crippen molar-refractivity contribution in [3.8, 4) is 0 Å². The fourth-order valence-corrected chi connectivity index (χ4v) is 6.66. The number of hydrogen-bond donors (Lipinski definition) is 3. The van der Waals surface area contributed by atoms with Crippen LogP contribution >= 0.6 is 0 Å². The maximum Gasteiger partial charge on any atom is 0.389 e. The summed E-state index contributed by atoms with van der Waals surface area (Å²) in [5, 5.41) is 4.55. The third-order valence-corrected chi connectivity index (χ3v) is 9.62. The number of hydrogen-bond acceptors (Lipinski definition) is 6. The first-order chi connectivity index (χ1) is 18.3. The van der Waals surface area contributed by atoms with Crippen LogP contribution in [0, 0.1) is 5.92 Å². The average Bonchev–Trinajstić information content (AvgIpc) is 3.77. The lowest BCUT2D eigenvalue weighted by Crippen LogP contribution is -2.58. The predicted octanol–water partition coefficient (Wildman–Crippen LogP) is 1.81. The van der Waals surface area contributed by atoms with Crippen LogP contribution < -0.4 is 15.4 Å². The number of nitrogens with one attached hydrogen (secondary N) is 3. The van der Waals surface area contributed by atoms with Gasteiger partial charge in [-0.3, -0.25) is 23.9 Å². The fourth-order valence-electron chi connectivity index (χ4n) is 5.30. The summed E-state index contributed by atoms with van der Waals surface area (Å²) < 4.78 is 64.7. The SMILES string of the molecule is O=C(CCC(F)(F)F)N[C@H]1CCCCC/C=C\[C@@H]2C[C@@]2(C(=O)NS(=O)(=O)C2CC2)NC(=O)[C@@H]2CCCN2C1=O. The zero-order chi connectivity index (χ0) is 28.4. The summed E-state index contributed by atoms with van der Waals surface area (Å²) in [6.07, 6.45) is 1.87. The second-order valence-corrected chi connectivity index (χ2v) is 12.9. The van der Waals surface area contributed by atoms with E-state index >= 15 is 0 Å². The molecule has 39 heavy (non-hydrogen) atoms. The van der Waals surface area contributed by atoms with E-state index in [1.165, 1.54) is 4.90 Å². The average molecular weight is 577 g/mol. The molecule has 1 saturated heterocycles. The Kier molecular flexibility index (Phi) is 8.62. The van der Waals surface area contributed by atoms with E-state index in [9.17, 15) is 40.8 Å². The molecule has 4 atom stereocenters. The summed E-state index contributed by atoms with van der Waals surface area (Å²) in [6, 6.07) is -2.03. The van der Waals surface area contributed by atoms with Crippen molar-refractivity contribution in [3.05, 3.63) is 12.2 Å². The van der Waals surface area contributed by atoms with Crippen molar-refractivity contribution in [1.82, 2.24) is 20.3 Å². The van der Waals surface area contributed by atoms with Gasteiger partial charge >= 0.3 is 6.18 Å². The largest absolute Gasteiger partial charge is 0.389 e. The Morgan fingerprint density at radius 1 is 1.08 bits per heavy atom. The Balaban J connectivity index is 1.51. The van der Waals surface area contributed by atoms with Gasteiger partial charge in [-0.1, -0.05) is 25.0 Å². The summed E-state index contributed by atoms with van der Waals surface area (Å²) >= 11 is 0. The lowest BCUT2D eigenvalue weighted by molar-refractivity contribution is -0.146. The molecular weight excluding hydrogens is 541 g/mol. The molecule has 2 saturated carbocycles. The number of halogens is 3. The number of allylic oxidation sites excluding steroid dienone is 1. The van der Waals surface area contributed by atoms with Crippen LogP contribution in [0.1, 0.15) is 77.0 Å². The highest BCUT2D eigenvalue weighted by molar-refractivity contribution is 7.91. The van der Waals surface area contributed by atoms with E-state index in [-0.39, 0.29) is 19.4 Å². The maximum absolute atomic E-state index is 13.5. The first kappa shape index (κ1) is 29.3. The predicted molar refractivity (Wildman–Crippen MR) is 133 cm³/mol. The molecule has 2 aliphatic carbocycles. The molecule has 4 rings (SSSR count). The minimum atomic E-state index is -4.50. The summed E-state index contributed by atoms with van der Waals surface area (Å²) in [4.78, 5) is 53.6. The molecule has 0 radical (unpaired) electrons. The Morgan fingerprint density at radius 2 is 1.82 bits per heavy atom. The third kappa shape index (κ3) is 7.31. The minimum Gasteiger partial charge on any atom is -0.344 e. The number of carbonyl (C=O) groups is 4. The normalized spacial score (nSPS) is 31.2. The molecule has 0 spiro atoms. The zero-order valence-electron chi connectivity index (χ0n) is 21.6. The van der Waals surface area contributed by atoms with E-state index in [1.54, 1.807) is 0 Å². The number of amides is 4. The van der Waals surface area contributed by atoms with E-state index in [0.29, 0.717) is 44.9 Å². The Morgan fingerprint density at radius 3 is 2.51 bits per heavy atom. The second-order valence-electron chi connectivity index (χ2n) is 10.9. The summed E-state index contributed by atoms with van der Waals surface area (Å²) in [7, 11) is -3.84. The zero-order valence-corrected chi connectivity index (χ0v) is 22.4. The minimum absolute atomic E-state index is 0.213. The van der Waals surface area contributed by atoms with Crippen molar-refractivity contribution in [1.29, 1.82) is 0 Å². The highest BCUT2D eigenvalue weighted by Gasteiger charge is 2.61. The van der Waals surface area contributed by atoms with Gasteiger partial charge in [0.05, 0.1) is 11.7 Å².